The second kappa shape index (κ2) is 4.92. The quantitative estimate of drug-likeness (QED) is 0.629. The molecule has 0 amide bonds. The summed E-state index contributed by atoms with van der Waals surface area (Å²) >= 11 is 0. The van der Waals surface area contributed by atoms with Crippen molar-refractivity contribution in [3.8, 4) is 17.3 Å². The van der Waals surface area contributed by atoms with Crippen LogP contribution >= 0.6 is 0 Å². The zero-order chi connectivity index (χ0) is 13.1. The molecule has 2 rings (SSSR count). The molecule has 94 valence electrons. The molecule has 6 nitrogen and oxygen atoms in total. The van der Waals surface area contributed by atoms with Crippen LogP contribution in [0.5, 0.6) is 5.88 Å². The SMILES string of the molecule is COc1ccc(-c2nc(C)c(F)c(NN)n2)cn1. The summed E-state index contributed by atoms with van der Waals surface area (Å²) in [5, 5.41) is 0. The maximum absolute atomic E-state index is 13.5. The second-order valence-electron chi connectivity index (χ2n) is 3.53. The standard InChI is InChI=1S/C11H12FN5O/c1-6-9(12)11(17-13)16-10(15-6)7-3-4-8(18-2)14-5-7/h3-5H,13H2,1-2H3,(H,15,16,17). The van der Waals surface area contributed by atoms with E-state index in [0.29, 0.717) is 17.3 Å². The molecule has 2 heterocycles. The average Bonchev–Trinajstić information content (AvgIpc) is 2.42. The Kier molecular flexibility index (Phi) is 3.33. The van der Waals surface area contributed by atoms with Crippen LogP contribution in [-0.4, -0.2) is 22.1 Å². The van der Waals surface area contributed by atoms with Gasteiger partial charge in [0.1, 0.15) is 0 Å². The summed E-state index contributed by atoms with van der Waals surface area (Å²) in [7, 11) is 1.52. The predicted octanol–water partition coefficient (Wildman–Crippen LogP) is 1.28. The Labute approximate surface area is 103 Å². The minimum Gasteiger partial charge on any atom is -0.481 e. The van der Waals surface area contributed by atoms with Gasteiger partial charge in [-0.25, -0.2) is 25.2 Å². The molecule has 0 aliphatic rings. The molecule has 0 aromatic carbocycles. The molecule has 3 N–H and O–H groups in total. The van der Waals surface area contributed by atoms with E-state index in [0.717, 1.165) is 0 Å². The number of methoxy groups -OCH3 is 1. The minimum atomic E-state index is -0.567. The van der Waals surface area contributed by atoms with E-state index in [4.69, 9.17) is 10.6 Å². The molecule has 7 heteroatoms. The van der Waals surface area contributed by atoms with E-state index in [2.05, 4.69) is 20.4 Å². The molecule has 0 aliphatic heterocycles. The van der Waals surface area contributed by atoms with Gasteiger partial charge in [0.2, 0.25) is 5.88 Å². The van der Waals surface area contributed by atoms with Gasteiger partial charge in [0.05, 0.1) is 12.8 Å². The molecule has 0 spiro atoms. The molecular weight excluding hydrogens is 237 g/mol. The number of aromatic nitrogens is 3. The fraction of sp³-hybridized carbons (Fsp3) is 0.182. The number of aryl methyl sites for hydroxylation is 1. The highest BCUT2D eigenvalue weighted by molar-refractivity contribution is 5.57. The fourth-order valence-corrected chi connectivity index (χ4v) is 1.42. The molecule has 2 aromatic rings. The van der Waals surface area contributed by atoms with E-state index in [9.17, 15) is 4.39 Å². The molecule has 0 radical (unpaired) electrons. The average molecular weight is 249 g/mol. The Hall–Kier alpha value is -2.28. The van der Waals surface area contributed by atoms with Crippen LogP contribution in [0, 0.1) is 12.7 Å². The van der Waals surface area contributed by atoms with E-state index in [-0.39, 0.29) is 11.5 Å². The first-order valence-electron chi connectivity index (χ1n) is 5.17. The monoisotopic (exact) mass is 249 g/mol. The van der Waals surface area contributed by atoms with Crippen LogP contribution in [0.25, 0.3) is 11.4 Å². The molecule has 0 aliphatic carbocycles. The van der Waals surface area contributed by atoms with Gasteiger partial charge in [-0.1, -0.05) is 0 Å². The fourth-order valence-electron chi connectivity index (χ4n) is 1.42. The van der Waals surface area contributed by atoms with Gasteiger partial charge >= 0.3 is 0 Å². The lowest BCUT2D eigenvalue weighted by atomic mass is 10.2. The third-order valence-electron chi connectivity index (χ3n) is 2.36. The van der Waals surface area contributed by atoms with Crippen molar-refractivity contribution in [1.82, 2.24) is 15.0 Å². The van der Waals surface area contributed by atoms with Gasteiger partial charge in [-0.15, -0.1) is 0 Å². The number of hydrogen-bond donors (Lipinski definition) is 2. The summed E-state index contributed by atoms with van der Waals surface area (Å²) in [5.41, 5.74) is 3.06. The lowest BCUT2D eigenvalue weighted by Gasteiger charge is -2.07. The van der Waals surface area contributed by atoms with Crippen LogP contribution < -0.4 is 16.0 Å². The van der Waals surface area contributed by atoms with Crippen molar-refractivity contribution in [1.29, 1.82) is 0 Å². The second-order valence-corrected chi connectivity index (χ2v) is 3.53. The Balaban J connectivity index is 2.46. The first kappa shape index (κ1) is 12.2. The number of nitrogen functional groups attached to an aromatic ring is 1. The largest absolute Gasteiger partial charge is 0.481 e. The molecule has 0 saturated carbocycles. The Bertz CT molecular complexity index is 558. The number of anilines is 1. The zero-order valence-corrected chi connectivity index (χ0v) is 9.94. The highest BCUT2D eigenvalue weighted by Gasteiger charge is 2.12. The van der Waals surface area contributed by atoms with Crippen molar-refractivity contribution in [2.75, 3.05) is 12.5 Å². The Morgan fingerprint density at radius 3 is 2.67 bits per heavy atom. The van der Waals surface area contributed by atoms with Crippen molar-refractivity contribution in [2.45, 2.75) is 6.92 Å². The molecule has 18 heavy (non-hydrogen) atoms. The topological polar surface area (TPSA) is 86.0 Å². The zero-order valence-electron chi connectivity index (χ0n) is 9.94. The van der Waals surface area contributed by atoms with Crippen LogP contribution in [0.2, 0.25) is 0 Å². The van der Waals surface area contributed by atoms with Crippen molar-refractivity contribution >= 4 is 5.82 Å². The smallest absolute Gasteiger partial charge is 0.212 e. The number of nitrogens with one attached hydrogen (secondary N) is 1. The number of hydrogen-bond acceptors (Lipinski definition) is 6. The molecule has 0 unspecified atom stereocenters. The van der Waals surface area contributed by atoms with E-state index in [1.807, 2.05) is 0 Å². The molecule has 2 aromatic heterocycles. The summed E-state index contributed by atoms with van der Waals surface area (Å²) in [6, 6.07) is 3.41. The van der Waals surface area contributed by atoms with Gasteiger partial charge in [-0.2, -0.15) is 0 Å². The third-order valence-corrected chi connectivity index (χ3v) is 2.36. The normalized spacial score (nSPS) is 10.2. The Morgan fingerprint density at radius 2 is 2.11 bits per heavy atom. The van der Waals surface area contributed by atoms with E-state index in [1.165, 1.54) is 14.0 Å². The molecule has 0 atom stereocenters. The van der Waals surface area contributed by atoms with Gasteiger partial charge in [-0.3, -0.25) is 0 Å². The van der Waals surface area contributed by atoms with Crippen LogP contribution in [0.1, 0.15) is 5.69 Å². The lowest BCUT2D eigenvalue weighted by molar-refractivity contribution is 0.398. The van der Waals surface area contributed by atoms with Crippen LogP contribution in [0.4, 0.5) is 10.2 Å². The van der Waals surface area contributed by atoms with E-state index in [1.54, 1.807) is 18.3 Å². The van der Waals surface area contributed by atoms with Crippen molar-refractivity contribution < 1.29 is 9.13 Å². The number of pyridine rings is 1. The first-order valence-corrected chi connectivity index (χ1v) is 5.17. The van der Waals surface area contributed by atoms with Crippen molar-refractivity contribution in [2.24, 2.45) is 5.84 Å². The number of halogens is 1. The lowest BCUT2D eigenvalue weighted by Crippen LogP contribution is -2.13. The van der Waals surface area contributed by atoms with Gasteiger partial charge in [0.15, 0.2) is 17.5 Å². The number of rotatable bonds is 3. The molecule has 0 saturated heterocycles. The third kappa shape index (κ3) is 2.21. The van der Waals surface area contributed by atoms with Crippen LogP contribution in [0.15, 0.2) is 18.3 Å². The van der Waals surface area contributed by atoms with Gasteiger partial charge in [-0.05, 0) is 13.0 Å². The summed E-state index contributed by atoms with van der Waals surface area (Å²) in [6.45, 7) is 1.54. The van der Waals surface area contributed by atoms with Gasteiger partial charge in [0, 0.05) is 17.8 Å². The van der Waals surface area contributed by atoms with Gasteiger partial charge in [0.25, 0.3) is 0 Å². The molecular formula is C11H12FN5O. The first-order chi connectivity index (χ1) is 8.65. The number of hydrazine groups is 1. The van der Waals surface area contributed by atoms with Crippen LogP contribution in [0.3, 0.4) is 0 Å². The molecule has 0 fully saturated rings. The maximum atomic E-state index is 13.5. The number of nitrogens with zero attached hydrogens (tertiary/aromatic N) is 3. The van der Waals surface area contributed by atoms with E-state index < -0.39 is 5.82 Å². The summed E-state index contributed by atoms with van der Waals surface area (Å²) in [4.78, 5) is 12.1. The number of nitrogens with two attached hydrogens (primary N) is 1. The van der Waals surface area contributed by atoms with Crippen molar-refractivity contribution in [3.63, 3.8) is 0 Å². The minimum absolute atomic E-state index is 0.0479. The summed E-state index contributed by atoms with van der Waals surface area (Å²) < 4.78 is 18.5. The predicted molar refractivity (Wildman–Crippen MR) is 64.3 cm³/mol. The van der Waals surface area contributed by atoms with E-state index >= 15 is 0 Å². The van der Waals surface area contributed by atoms with Crippen molar-refractivity contribution in [3.05, 3.63) is 29.8 Å². The number of ether oxygens (including phenoxy) is 1. The van der Waals surface area contributed by atoms with Gasteiger partial charge < -0.3 is 10.2 Å². The molecule has 0 bridgehead atoms. The van der Waals surface area contributed by atoms with Crippen LogP contribution in [-0.2, 0) is 0 Å². The highest BCUT2D eigenvalue weighted by Crippen LogP contribution is 2.21. The highest BCUT2D eigenvalue weighted by atomic mass is 19.1. The Morgan fingerprint density at radius 1 is 1.33 bits per heavy atom. The summed E-state index contributed by atoms with van der Waals surface area (Å²) in [5.74, 6) is 5.41. The summed E-state index contributed by atoms with van der Waals surface area (Å²) in [6.07, 6.45) is 1.55. The maximum Gasteiger partial charge on any atom is 0.212 e.